The monoisotopic (exact) mass is 454 g/mol. The number of hydrogen-bond donors (Lipinski definition) is 0. The Kier molecular flexibility index (Phi) is 5.92. The van der Waals surface area contributed by atoms with Gasteiger partial charge in [-0.25, -0.2) is 17.9 Å². The van der Waals surface area contributed by atoms with Gasteiger partial charge in [-0.1, -0.05) is 53.7 Å². The zero-order chi connectivity index (χ0) is 23.4. The Labute approximate surface area is 191 Å². The Morgan fingerprint density at radius 1 is 0.938 bits per heavy atom. The van der Waals surface area contributed by atoms with Gasteiger partial charge in [-0.3, -0.25) is 0 Å². The van der Waals surface area contributed by atoms with Gasteiger partial charge in [0.2, 0.25) is 10.0 Å². The van der Waals surface area contributed by atoms with Gasteiger partial charge in [0.25, 0.3) is 0 Å². The molecule has 2 aromatic heterocycles. The average molecular weight is 455 g/mol. The SMILES string of the molecule is Cc1cc2ncc3c(n2n1)CCN(S(=O)(=O)c1c(C(C)C)cc(C(C)C)cc1C(C)C)C3. The minimum absolute atomic E-state index is 0.112. The lowest BCUT2D eigenvalue weighted by Gasteiger charge is -2.31. The van der Waals surface area contributed by atoms with Crippen molar-refractivity contribution in [1.82, 2.24) is 18.9 Å². The first-order valence-electron chi connectivity index (χ1n) is 11.5. The zero-order valence-electron chi connectivity index (χ0n) is 20.2. The van der Waals surface area contributed by atoms with E-state index in [1.165, 1.54) is 5.56 Å². The van der Waals surface area contributed by atoms with Crippen LogP contribution in [0.5, 0.6) is 0 Å². The molecule has 0 saturated carbocycles. The third-order valence-corrected chi connectivity index (χ3v) is 8.39. The molecule has 172 valence electrons. The molecule has 0 amide bonds. The fourth-order valence-electron chi connectivity index (χ4n) is 4.55. The van der Waals surface area contributed by atoms with E-state index in [1.54, 1.807) is 4.31 Å². The van der Waals surface area contributed by atoms with Crippen LogP contribution in [0.1, 0.15) is 92.9 Å². The van der Waals surface area contributed by atoms with Gasteiger partial charge in [0.1, 0.15) is 0 Å². The van der Waals surface area contributed by atoms with Crippen LogP contribution in [0.3, 0.4) is 0 Å². The van der Waals surface area contributed by atoms with E-state index in [4.69, 9.17) is 0 Å². The molecule has 0 radical (unpaired) electrons. The largest absolute Gasteiger partial charge is 0.243 e. The van der Waals surface area contributed by atoms with E-state index >= 15 is 0 Å². The summed E-state index contributed by atoms with van der Waals surface area (Å²) in [5.74, 6) is 0.567. The Hall–Kier alpha value is -2.25. The van der Waals surface area contributed by atoms with Gasteiger partial charge in [0.15, 0.2) is 5.65 Å². The lowest BCUT2D eigenvalue weighted by molar-refractivity contribution is 0.382. The average Bonchev–Trinajstić information content (AvgIpc) is 3.12. The smallest absolute Gasteiger partial charge is 0.237 e. The molecule has 3 heterocycles. The van der Waals surface area contributed by atoms with Gasteiger partial charge in [0.05, 0.1) is 16.3 Å². The Morgan fingerprint density at radius 2 is 1.56 bits per heavy atom. The van der Waals surface area contributed by atoms with Gasteiger partial charge in [-0.2, -0.15) is 9.40 Å². The number of benzene rings is 1. The summed E-state index contributed by atoms with van der Waals surface area (Å²) < 4.78 is 31.7. The number of sulfonamides is 1. The van der Waals surface area contributed by atoms with Crippen molar-refractivity contribution in [2.24, 2.45) is 0 Å². The standard InChI is InChI=1S/C25H34N4O2S/c1-15(2)19-11-21(16(3)4)25(22(12-19)17(5)6)32(30,31)28-9-8-23-20(14-28)13-26-24-10-18(7)27-29(23)24/h10-13,15-17H,8-9,14H2,1-7H3. The number of nitrogens with zero attached hydrogens (tertiary/aromatic N) is 4. The maximum absolute atomic E-state index is 14.1. The van der Waals surface area contributed by atoms with E-state index in [0.717, 1.165) is 33.7 Å². The van der Waals surface area contributed by atoms with Crippen molar-refractivity contribution in [3.05, 3.63) is 58.0 Å². The van der Waals surface area contributed by atoms with Crippen LogP contribution >= 0.6 is 0 Å². The van der Waals surface area contributed by atoms with Crippen molar-refractivity contribution in [3.63, 3.8) is 0 Å². The normalized spacial score (nSPS) is 15.3. The molecule has 3 aromatic rings. The van der Waals surface area contributed by atoms with Crippen LogP contribution in [0.15, 0.2) is 29.3 Å². The summed E-state index contributed by atoms with van der Waals surface area (Å²) >= 11 is 0. The number of rotatable bonds is 5. The Bertz CT molecular complexity index is 1240. The molecule has 0 N–H and O–H groups in total. The zero-order valence-corrected chi connectivity index (χ0v) is 21.0. The molecule has 0 saturated heterocycles. The summed E-state index contributed by atoms with van der Waals surface area (Å²) in [5.41, 5.74) is 6.73. The van der Waals surface area contributed by atoms with Crippen LogP contribution in [-0.2, 0) is 23.0 Å². The number of aromatic nitrogens is 3. The highest BCUT2D eigenvalue weighted by atomic mass is 32.2. The van der Waals surface area contributed by atoms with Crippen molar-refractivity contribution < 1.29 is 8.42 Å². The maximum Gasteiger partial charge on any atom is 0.243 e. The third kappa shape index (κ3) is 3.86. The second-order valence-electron chi connectivity index (χ2n) is 9.87. The Balaban J connectivity index is 1.83. The van der Waals surface area contributed by atoms with Crippen molar-refractivity contribution in [3.8, 4) is 0 Å². The van der Waals surface area contributed by atoms with Gasteiger partial charge < -0.3 is 0 Å². The second kappa shape index (κ2) is 8.27. The fourth-order valence-corrected chi connectivity index (χ4v) is 6.63. The summed E-state index contributed by atoms with van der Waals surface area (Å²) in [6, 6.07) is 6.15. The van der Waals surface area contributed by atoms with E-state index in [-0.39, 0.29) is 11.8 Å². The minimum atomic E-state index is -3.67. The lowest BCUT2D eigenvalue weighted by Crippen LogP contribution is -2.38. The van der Waals surface area contributed by atoms with Crippen molar-refractivity contribution in [2.45, 2.75) is 84.1 Å². The first-order chi connectivity index (χ1) is 15.0. The summed E-state index contributed by atoms with van der Waals surface area (Å²) in [4.78, 5) is 5.01. The van der Waals surface area contributed by atoms with Crippen LogP contribution in [0.25, 0.3) is 5.65 Å². The van der Waals surface area contributed by atoms with Crippen molar-refractivity contribution in [2.75, 3.05) is 6.54 Å². The quantitative estimate of drug-likeness (QED) is 0.534. The van der Waals surface area contributed by atoms with Crippen molar-refractivity contribution >= 4 is 15.7 Å². The van der Waals surface area contributed by atoms with E-state index in [0.29, 0.717) is 30.3 Å². The third-order valence-electron chi connectivity index (χ3n) is 6.41. The van der Waals surface area contributed by atoms with Crippen LogP contribution < -0.4 is 0 Å². The number of fused-ring (bicyclic) bond motifs is 3. The van der Waals surface area contributed by atoms with Crippen LogP contribution in [0, 0.1) is 6.92 Å². The number of hydrogen-bond acceptors (Lipinski definition) is 4. The summed E-state index contributed by atoms with van der Waals surface area (Å²) in [6.07, 6.45) is 2.43. The van der Waals surface area contributed by atoms with E-state index < -0.39 is 10.0 Å². The molecule has 0 aliphatic carbocycles. The van der Waals surface area contributed by atoms with E-state index in [1.807, 2.05) is 23.7 Å². The van der Waals surface area contributed by atoms with Gasteiger partial charge >= 0.3 is 0 Å². The second-order valence-corrected chi connectivity index (χ2v) is 11.7. The molecule has 0 unspecified atom stereocenters. The highest BCUT2D eigenvalue weighted by Crippen LogP contribution is 2.37. The fraction of sp³-hybridized carbons (Fsp3) is 0.520. The molecule has 0 fully saturated rings. The molecule has 6 nitrogen and oxygen atoms in total. The van der Waals surface area contributed by atoms with Crippen LogP contribution in [0.2, 0.25) is 0 Å². The molecule has 7 heteroatoms. The topological polar surface area (TPSA) is 67.6 Å². The molecule has 0 atom stereocenters. The lowest BCUT2D eigenvalue weighted by atomic mass is 9.89. The highest BCUT2D eigenvalue weighted by molar-refractivity contribution is 7.89. The van der Waals surface area contributed by atoms with Gasteiger partial charge in [0, 0.05) is 37.3 Å². The van der Waals surface area contributed by atoms with Crippen LogP contribution in [-0.4, -0.2) is 33.9 Å². The molecule has 0 bridgehead atoms. The molecule has 1 aliphatic rings. The first-order valence-corrected chi connectivity index (χ1v) is 13.0. The minimum Gasteiger partial charge on any atom is -0.237 e. The van der Waals surface area contributed by atoms with Crippen molar-refractivity contribution in [1.29, 1.82) is 0 Å². The molecule has 1 aromatic carbocycles. The molecular weight excluding hydrogens is 420 g/mol. The van der Waals surface area contributed by atoms with Crippen LogP contribution in [0.4, 0.5) is 0 Å². The molecule has 1 aliphatic heterocycles. The maximum atomic E-state index is 14.1. The predicted octanol–water partition coefficient (Wildman–Crippen LogP) is 5.15. The number of aryl methyl sites for hydroxylation is 1. The van der Waals surface area contributed by atoms with E-state index in [9.17, 15) is 8.42 Å². The molecular formula is C25H34N4O2S. The van der Waals surface area contributed by atoms with Gasteiger partial charge in [-0.05, 0) is 41.4 Å². The first kappa shape index (κ1) is 22.9. The predicted molar refractivity (Wildman–Crippen MR) is 128 cm³/mol. The highest BCUT2D eigenvalue weighted by Gasteiger charge is 2.34. The summed E-state index contributed by atoms with van der Waals surface area (Å²) in [5, 5.41) is 4.56. The Morgan fingerprint density at radius 3 is 2.12 bits per heavy atom. The molecule has 0 spiro atoms. The summed E-state index contributed by atoms with van der Waals surface area (Å²) in [7, 11) is -3.67. The molecule has 4 rings (SSSR count). The van der Waals surface area contributed by atoms with E-state index in [2.05, 4.69) is 63.8 Å². The summed E-state index contributed by atoms with van der Waals surface area (Å²) in [6.45, 7) is 15.3. The molecule has 32 heavy (non-hydrogen) atoms. The van der Waals surface area contributed by atoms with Gasteiger partial charge in [-0.15, -0.1) is 0 Å².